The van der Waals surface area contributed by atoms with Gasteiger partial charge < -0.3 is 15.2 Å². The van der Waals surface area contributed by atoms with Crippen molar-refractivity contribution < 1.29 is 27.8 Å². The van der Waals surface area contributed by atoms with Crippen LogP contribution in [0.1, 0.15) is 44.7 Å². The molecule has 7 nitrogen and oxygen atoms in total. The molecule has 182 valence electrons. The normalized spacial score (nSPS) is 14.5. The summed E-state index contributed by atoms with van der Waals surface area (Å²) in [7, 11) is 0. The van der Waals surface area contributed by atoms with E-state index in [-0.39, 0.29) is 23.5 Å². The molecule has 3 N–H and O–H groups in total. The Morgan fingerprint density at radius 1 is 1.09 bits per heavy atom. The summed E-state index contributed by atoms with van der Waals surface area (Å²) in [5.41, 5.74) is 5.71. The lowest BCUT2D eigenvalue weighted by Gasteiger charge is -2.37. The summed E-state index contributed by atoms with van der Waals surface area (Å²) in [5.74, 6) is -2.39. The van der Waals surface area contributed by atoms with E-state index in [2.05, 4.69) is 10.3 Å². The van der Waals surface area contributed by atoms with E-state index >= 15 is 0 Å². The largest absolute Gasteiger partial charge is 0.488 e. The number of carbonyl (C=O) groups excluding carboxylic acids is 2. The van der Waals surface area contributed by atoms with Crippen LogP contribution in [0.5, 0.6) is 17.4 Å². The first-order valence-corrected chi connectivity index (χ1v) is 11.0. The van der Waals surface area contributed by atoms with Crippen LogP contribution in [0.3, 0.4) is 0 Å². The van der Waals surface area contributed by atoms with E-state index in [0.717, 1.165) is 0 Å². The number of nitrogens with two attached hydrogens (primary N) is 1. The summed E-state index contributed by atoms with van der Waals surface area (Å²) in [6.45, 7) is 6.84. The van der Waals surface area contributed by atoms with Crippen molar-refractivity contribution in [1.82, 2.24) is 10.3 Å². The number of urea groups is 1. The molecule has 4 rings (SSSR count). The highest BCUT2D eigenvalue weighted by Gasteiger charge is 2.45. The molecule has 0 aliphatic carbocycles. The van der Waals surface area contributed by atoms with Crippen LogP contribution in [0.25, 0.3) is 11.3 Å². The Kier molecular flexibility index (Phi) is 6.19. The summed E-state index contributed by atoms with van der Waals surface area (Å²) < 4.78 is 40.6. The summed E-state index contributed by atoms with van der Waals surface area (Å²) >= 11 is 0. The first-order chi connectivity index (χ1) is 16.5. The van der Waals surface area contributed by atoms with Gasteiger partial charge in [-0.3, -0.25) is 10.1 Å². The number of fused-ring (bicyclic) bond motifs is 2. The zero-order valence-corrected chi connectivity index (χ0v) is 19.7. The number of nitrogens with one attached hydrogen (secondary N) is 1. The van der Waals surface area contributed by atoms with Gasteiger partial charge in [0.05, 0.1) is 17.2 Å². The smallest absolute Gasteiger partial charge is 0.318 e. The Morgan fingerprint density at radius 3 is 2.49 bits per heavy atom. The Hall–Kier alpha value is -4.01. The zero-order chi connectivity index (χ0) is 25.5. The number of hydrogen-bond acceptors (Lipinski definition) is 5. The van der Waals surface area contributed by atoms with Crippen molar-refractivity contribution in [2.45, 2.75) is 39.7 Å². The van der Waals surface area contributed by atoms with Crippen molar-refractivity contribution in [3.05, 3.63) is 71.3 Å². The maximum Gasteiger partial charge on any atom is 0.318 e. The van der Waals surface area contributed by atoms with Gasteiger partial charge in [-0.25, -0.2) is 18.6 Å². The minimum atomic E-state index is -1.23. The van der Waals surface area contributed by atoms with E-state index in [1.165, 1.54) is 24.3 Å². The van der Waals surface area contributed by atoms with Crippen molar-refractivity contribution in [2.75, 3.05) is 0 Å². The van der Waals surface area contributed by atoms with Gasteiger partial charge in [0.2, 0.25) is 11.8 Å². The van der Waals surface area contributed by atoms with Crippen molar-refractivity contribution >= 4 is 11.9 Å². The highest BCUT2D eigenvalue weighted by atomic mass is 19.1. The first-order valence-electron chi connectivity index (χ1n) is 11.0. The lowest BCUT2D eigenvalue weighted by Crippen LogP contribution is -2.46. The minimum Gasteiger partial charge on any atom is -0.488 e. The standard InChI is InChI=1S/C26H25F2N3O4/c1-13(2)34-20-11-8-14(12-18(20)28)19-10-9-16-21(26(3,4)24(32)31-25(29)33)15-6-5-7-17(27)22(15)35-23(16)30-19/h5-13,21H,1-4H3,(H3,29,31,32,33)/t21-/m0/s1. The molecular formula is C26H25F2N3O4. The van der Waals surface area contributed by atoms with E-state index < -0.39 is 34.9 Å². The molecular weight excluding hydrogens is 456 g/mol. The summed E-state index contributed by atoms with van der Waals surface area (Å²) in [6.07, 6.45) is -0.187. The molecule has 0 saturated carbocycles. The number of benzene rings is 2. The summed E-state index contributed by atoms with van der Waals surface area (Å²) in [5, 5.41) is 2.11. The van der Waals surface area contributed by atoms with Crippen LogP contribution < -0.4 is 20.5 Å². The number of hydrogen-bond donors (Lipinski definition) is 2. The van der Waals surface area contributed by atoms with Gasteiger partial charge in [0.25, 0.3) is 0 Å². The number of aromatic nitrogens is 1. The second kappa shape index (κ2) is 8.98. The zero-order valence-electron chi connectivity index (χ0n) is 19.7. The van der Waals surface area contributed by atoms with E-state index in [0.29, 0.717) is 22.4 Å². The number of nitrogens with zero attached hydrogens (tertiary/aromatic N) is 1. The minimum absolute atomic E-state index is 0.0681. The quantitative estimate of drug-likeness (QED) is 0.517. The highest BCUT2D eigenvalue weighted by Crippen LogP contribution is 2.52. The van der Waals surface area contributed by atoms with Crippen LogP contribution in [0.2, 0.25) is 0 Å². The molecule has 9 heteroatoms. The number of amides is 3. The third-order valence-corrected chi connectivity index (χ3v) is 5.84. The highest BCUT2D eigenvalue weighted by molar-refractivity contribution is 5.97. The van der Waals surface area contributed by atoms with Crippen LogP contribution in [0, 0.1) is 17.0 Å². The summed E-state index contributed by atoms with van der Waals surface area (Å²) in [4.78, 5) is 28.8. The average molecular weight is 481 g/mol. The molecule has 2 aromatic carbocycles. The molecule has 0 spiro atoms. The van der Waals surface area contributed by atoms with Crippen molar-refractivity contribution in [2.24, 2.45) is 11.1 Å². The molecule has 3 amide bonds. The number of para-hydroxylation sites is 1. The van der Waals surface area contributed by atoms with Gasteiger partial charge in [-0.05, 0) is 44.2 Å². The van der Waals surface area contributed by atoms with Crippen LogP contribution in [-0.4, -0.2) is 23.0 Å². The van der Waals surface area contributed by atoms with Crippen LogP contribution >= 0.6 is 0 Å². The van der Waals surface area contributed by atoms with Gasteiger partial charge >= 0.3 is 6.03 Å². The van der Waals surface area contributed by atoms with Crippen LogP contribution in [0.4, 0.5) is 13.6 Å². The van der Waals surface area contributed by atoms with Crippen molar-refractivity contribution in [1.29, 1.82) is 0 Å². The third-order valence-electron chi connectivity index (χ3n) is 5.84. The first kappa shape index (κ1) is 24.1. The maximum absolute atomic E-state index is 14.8. The van der Waals surface area contributed by atoms with Gasteiger partial charge in [0.15, 0.2) is 23.1 Å². The summed E-state index contributed by atoms with van der Waals surface area (Å²) in [6, 6.07) is 11.3. The Labute approximate surface area is 201 Å². The van der Waals surface area contributed by atoms with Gasteiger partial charge in [-0.15, -0.1) is 0 Å². The van der Waals surface area contributed by atoms with E-state index in [9.17, 15) is 18.4 Å². The number of ether oxygens (including phenoxy) is 2. The lowest BCUT2D eigenvalue weighted by molar-refractivity contribution is -0.128. The monoisotopic (exact) mass is 481 g/mol. The SMILES string of the molecule is CC(C)Oc1ccc(-c2ccc3c(n2)Oc2c(F)cccc2[C@@H]3C(C)(C)C(=O)NC(N)=O)cc1F. The Bertz CT molecular complexity index is 1320. The molecule has 0 fully saturated rings. The molecule has 0 unspecified atom stereocenters. The van der Waals surface area contributed by atoms with Gasteiger partial charge in [-0.1, -0.05) is 32.0 Å². The molecule has 0 radical (unpaired) electrons. The Balaban J connectivity index is 1.81. The average Bonchev–Trinajstić information content (AvgIpc) is 2.78. The number of pyridine rings is 1. The second-order valence-corrected chi connectivity index (χ2v) is 9.14. The number of rotatable bonds is 5. The molecule has 1 atom stereocenters. The number of imide groups is 1. The Morgan fingerprint density at radius 2 is 1.83 bits per heavy atom. The second-order valence-electron chi connectivity index (χ2n) is 9.14. The number of carbonyl (C=O) groups is 2. The molecule has 2 heterocycles. The lowest BCUT2D eigenvalue weighted by atomic mass is 9.69. The van der Waals surface area contributed by atoms with E-state index in [4.69, 9.17) is 15.2 Å². The van der Waals surface area contributed by atoms with Crippen LogP contribution in [-0.2, 0) is 4.79 Å². The molecule has 35 heavy (non-hydrogen) atoms. The molecule has 1 aromatic heterocycles. The topological polar surface area (TPSA) is 104 Å². The molecule has 0 saturated heterocycles. The maximum atomic E-state index is 14.8. The number of primary amides is 1. The van der Waals surface area contributed by atoms with E-state index in [1.807, 2.05) is 0 Å². The number of halogens is 2. The van der Waals surface area contributed by atoms with Crippen molar-refractivity contribution in [3.8, 4) is 28.6 Å². The van der Waals surface area contributed by atoms with Crippen LogP contribution in [0.15, 0.2) is 48.5 Å². The predicted molar refractivity (Wildman–Crippen MR) is 125 cm³/mol. The van der Waals surface area contributed by atoms with E-state index in [1.54, 1.807) is 52.0 Å². The van der Waals surface area contributed by atoms with Gasteiger partial charge in [0.1, 0.15) is 0 Å². The predicted octanol–water partition coefficient (Wildman–Crippen LogP) is 5.27. The fourth-order valence-corrected chi connectivity index (χ4v) is 4.23. The molecule has 3 aromatic rings. The third kappa shape index (κ3) is 4.53. The fourth-order valence-electron chi connectivity index (χ4n) is 4.23. The fraction of sp³-hybridized carbons (Fsp3) is 0.269. The van der Waals surface area contributed by atoms with Gasteiger partial charge in [-0.2, -0.15) is 0 Å². The van der Waals surface area contributed by atoms with Gasteiger partial charge in [0, 0.05) is 22.6 Å². The molecule has 1 aliphatic heterocycles. The molecule has 0 bridgehead atoms. The van der Waals surface area contributed by atoms with Crippen molar-refractivity contribution in [3.63, 3.8) is 0 Å². The molecule has 1 aliphatic rings.